The van der Waals surface area contributed by atoms with E-state index in [2.05, 4.69) is 67.7 Å². The number of unbranched alkanes of at least 4 members (excludes halogenated alkanes) is 5. The molecule has 0 bridgehead atoms. The number of nitrogens with one attached hydrogen (secondary N) is 1. The van der Waals surface area contributed by atoms with Crippen molar-refractivity contribution in [3.05, 3.63) is 65.2 Å². The van der Waals surface area contributed by atoms with E-state index in [-0.39, 0.29) is 0 Å². The average molecular weight is 340 g/mol. The molecular formula is C23H33NO. The van der Waals surface area contributed by atoms with Gasteiger partial charge in [-0.1, -0.05) is 87.1 Å². The van der Waals surface area contributed by atoms with Crippen LogP contribution in [0.25, 0.3) is 0 Å². The first-order chi connectivity index (χ1) is 12.3. The average Bonchev–Trinajstić information content (AvgIpc) is 2.62. The second-order valence-corrected chi connectivity index (χ2v) is 6.82. The van der Waals surface area contributed by atoms with Gasteiger partial charge in [0, 0.05) is 18.7 Å². The maximum absolute atomic E-state index is 6.03. The molecule has 2 rings (SSSR count). The van der Waals surface area contributed by atoms with E-state index in [1.807, 2.05) is 0 Å². The zero-order valence-corrected chi connectivity index (χ0v) is 15.9. The van der Waals surface area contributed by atoms with Crippen molar-refractivity contribution < 1.29 is 4.74 Å². The number of ether oxygens (including phenoxy) is 1. The highest BCUT2D eigenvalue weighted by molar-refractivity contribution is 5.33. The van der Waals surface area contributed by atoms with E-state index in [9.17, 15) is 0 Å². The lowest BCUT2D eigenvalue weighted by Crippen LogP contribution is -2.14. The molecule has 136 valence electrons. The van der Waals surface area contributed by atoms with Crippen LogP contribution in [0.1, 0.15) is 62.1 Å². The SMILES string of the molecule is CCCCCCCCOc1ccccc1CNCc1cccc(C)c1. The number of benzene rings is 2. The van der Waals surface area contributed by atoms with Crippen LogP contribution in [0.3, 0.4) is 0 Å². The fourth-order valence-electron chi connectivity index (χ4n) is 3.02. The van der Waals surface area contributed by atoms with Crippen molar-refractivity contribution >= 4 is 0 Å². The van der Waals surface area contributed by atoms with Crippen LogP contribution in [-0.2, 0) is 13.1 Å². The van der Waals surface area contributed by atoms with Crippen molar-refractivity contribution in [1.82, 2.24) is 5.32 Å². The number of hydrogen-bond acceptors (Lipinski definition) is 2. The third-order valence-corrected chi connectivity index (χ3v) is 4.46. The van der Waals surface area contributed by atoms with E-state index in [1.165, 1.54) is 48.8 Å². The highest BCUT2D eigenvalue weighted by atomic mass is 16.5. The fourth-order valence-corrected chi connectivity index (χ4v) is 3.02. The van der Waals surface area contributed by atoms with E-state index in [0.29, 0.717) is 0 Å². The lowest BCUT2D eigenvalue weighted by molar-refractivity contribution is 0.300. The number of aryl methyl sites for hydroxylation is 1. The predicted molar refractivity (Wildman–Crippen MR) is 107 cm³/mol. The molecule has 0 heterocycles. The van der Waals surface area contributed by atoms with Crippen LogP contribution in [0.4, 0.5) is 0 Å². The van der Waals surface area contributed by atoms with Gasteiger partial charge < -0.3 is 10.1 Å². The Balaban J connectivity index is 1.72. The molecule has 2 aromatic carbocycles. The van der Waals surface area contributed by atoms with Gasteiger partial charge in [0.2, 0.25) is 0 Å². The number of hydrogen-bond donors (Lipinski definition) is 1. The molecule has 2 heteroatoms. The third kappa shape index (κ3) is 7.74. The van der Waals surface area contributed by atoms with Gasteiger partial charge in [-0.05, 0) is 25.0 Å². The lowest BCUT2D eigenvalue weighted by atomic mass is 10.1. The molecule has 0 spiro atoms. The molecule has 0 aromatic heterocycles. The van der Waals surface area contributed by atoms with Crippen LogP contribution < -0.4 is 10.1 Å². The second-order valence-electron chi connectivity index (χ2n) is 6.82. The van der Waals surface area contributed by atoms with Crippen molar-refractivity contribution in [3.8, 4) is 5.75 Å². The largest absolute Gasteiger partial charge is 0.493 e. The Bertz CT molecular complexity index is 609. The highest BCUT2D eigenvalue weighted by Gasteiger charge is 2.03. The molecule has 2 nitrogen and oxygen atoms in total. The summed E-state index contributed by atoms with van der Waals surface area (Å²) in [6.45, 7) is 6.93. The van der Waals surface area contributed by atoms with Crippen molar-refractivity contribution in [1.29, 1.82) is 0 Å². The molecule has 1 N–H and O–H groups in total. The predicted octanol–water partition coefficient (Wildman–Crippen LogP) is 6.02. The van der Waals surface area contributed by atoms with Gasteiger partial charge in [-0.3, -0.25) is 0 Å². The molecule has 0 radical (unpaired) electrons. The molecule has 0 amide bonds. The highest BCUT2D eigenvalue weighted by Crippen LogP contribution is 2.18. The molecule has 25 heavy (non-hydrogen) atoms. The molecule has 0 fully saturated rings. The summed E-state index contributed by atoms with van der Waals surface area (Å²) >= 11 is 0. The van der Waals surface area contributed by atoms with Gasteiger partial charge >= 0.3 is 0 Å². The first-order valence-corrected chi connectivity index (χ1v) is 9.76. The molecule has 0 aliphatic heterocycles. The van der Waals surface area contributed by atoms with Crippen LogP contribution in [0.5, 0.6) is 5.75 Å². The third-order valence-electron chi connectivity index (χ3n) is 4.46. The van der Waals surface area contributed by atoms with Gasteiger partial charge in [0.05, 0.1) is 6.61 Å². The molecular weight excluding hydrogens is 306 g/mol. The number of rotatable bonds is 12. The monoisotopic (exact) mass is 339 g/mol. The van der Waals surface area contributed by atoms with Gasteiger partial charge in [-0.2, -0.15) is 0 Å². The number of para-hydroxylation sites is 1. The minimum Gasteiger partial charge on any atom is -0.493 e. The van der Waals surface area contributed by atoms with E-state index >= 15 is 0 Å². The first kappa shape index (κ1) is 19.5. The smallest absolute Gasteiger partial charge is 0.123 e. The van der Waals surface area contributed by atoms with E-state index in [0.717, 1.165) is 31.9 Å². The second kappa shape index (κ2) is 11.7. The Kier molecular flexibility index (Phi) is 9.14. The molecule has 0 aliphatic carbocycles. The summed E-state index contributed by atoms with van der Waals surface area (Å²) in [6.07, 6.45) is 7.77. The Hall–Kier alpha value is -1.80. The van der Waals surface area contributed by atoms with Crippen LogP contribution in [-0.4, -0.2) is 6.61 Å². The maximum Gasteiger partial charge on any atom is 0.123 e. The van der Waals surface area contributed by atoms with Crippen molar-refractivity contribution in [2.45, 2.75) is 65.5 Å². The Morgan fingerprint density at radius 3 is 2.48 bits per heavy atom. The van der Waals surface area contributed by atoms with E-state index < -0.39 is 0 Å². The Morgan fingerprint density at radius 2 is 1.64 bits per heavy atom. The first-order valence-electron chi connectivity index (χ1n) is 9.76. The minimum absolute atomic E-state index is 0.820. The standard InChI is InChI=1S/C23H33NO/c1-3-4-5-6-7-10-16-25-23-15-9-8-14-22(23)19-24-18-21-13-11-12-20(2)17-21/h8-9,11-15,17,24H,3-7,10,16,18-19H2,1-2H3. The van der Waals surface area contributed by atoms with Crippen LogP contribution in [0.15, 0.2) is 48.5 Å². The van der Waals surface area contributed by atoms with Gasteiger partial charge in [-0.25, -0.2) is 0 Å². The lowest BCUT2D eigenvalue weighted by Gasteiger charge is -2.12. The molecule has 0 saturated heterocycles. The minimum atomic E-state index is 0.820. The zero-order chi connectivity index (χ0) is 17.7. The van der Waals surface area contributed by atoms with Crippen LogP contribution >= 0.6 is 0 Å². The van der Waals surface area contributed by atoms with Crippen molar-refractivity contribution in [2.24, 2.45) is 0 Å². The Morgan fingerprint density at radius 1 is 0.840 bits per heavy atom. The molecule has 0 atom stereocenters. The summed E-state index contributed by atoms with van der Waals surface area (Å²) in [6, 6.07) is 17.0. The van der Waals surface area contributed by atoms with E-state index in [1.54, 1.807) is 0 Å². The Labute approximate surface area is 153 Å². The van der Waals surface area contributed by atoms with Crippen molar-refractivity contribution in [2.75, 3.05) is 6.61 Å². The van der Waals surface area contributed by atoms with E-state index in [4.69, 9.17) is 4.74 Å². The van der Waals surface area contributed by atoms with Gasteiger partial charge in [0.1, 0.15) is 5.75 Å². The van der Waals surface area contributed by atoms with Crippen molar-refractivity contribution in [3.63, 3.8) is 0 Å². The maximum atomic E-state index is 6.03. The summed E-state index contributed by atoms with van der Waals surface area (Å²) in [5, 5.41) is 3.53. The topological polar surface area (TPSA) is 21.3 Å². The quantitative estimate of drug-likeness (QED) is 0.477. The summed E-state index contributed by atoms with van der Waals surface area (Å²) in [5.74, 6) is 1.02. The zero-order valence-electron chi connectivity index (χ0n) is 15.9. The van der Waals surface area contributed by atoms with Crippen LogP contribution in [0.2, 0.25) is 0 Å². The fraction of sp³-hybridized carbons (Fsp3) is 0.478. The summed E-state index contributed by atoms with van der Waals surface area (Å²) in [5.41, 5.74) is 3.87. The summed E-state index contributed by atoms with van der Waals surface area (Å²) < 4.78 is 6.03. The van der Waals surface area contributed by atoms with Gasteiger partial charge in [0.25, 0.3) is 0 Å². The molecule has 2 aromatic rings. The van der Waals surface area contributed by atoms with Gasteiger partial charge in [0.15, 0.2) is 0 Å². The summed E-state index contributed by atoms with van der Waals surface area (Å²) in [4.78, 5) is 0. The molecule has 0 aliphatic rings. The summed E-state index contributed by atoms with van der Waals surface area (Å²) in [7, 11) is 0. The molecule has 0 unspecified atom stereocenters. The normalized spacial score (nSPS) is 10.8. The van der Waals surface area contributed by atoms with Crippen LogP contribution in [0, 0.1) is 6.92 Å². The van der Waals surface area contributed by atoms with Gasteiger partial charge in [-0.15, -0.1) is 0 Å². The molecule has 0 saturated carbocycles.